The number of nitrogens with zero attached hydrogens (tertiary/aromatic N) is 3. The Bertz CT molecular complexity index is 3280. The molecule has 0 bridgehead atoms. The summed E-state index contributed by atoms with van der Waals surface area (Å²) in [6, 6.07) is 71.3. The second-order valence-corrected chi connectivity index (χ2v) is 15.6. The molecule has 9 aromatic carbocycles. The van der Waals surface area contributed by atoms with Crippen molar-refractivity contribution >= 4 is 27.2 Å². The van der Waals surface area contributed by atoms with Crippen molar-refractivity contribution in [2.45, 2.75) is 5.41 Å². The Hall–Kier alpha value is -7.93. The summed E-state index contributed by atoms with van der Waals surface area (Å²) >= 11 is 0. The predicted molar refractivity (Wildman–Crippen MR) is 241 cm³/mol. The molecule has 1 aromatic heterocycles. The van der Waals surface area contributed by atoms with Crippen LogP contribution in [0.15, 0.2) is 200 Å². The maximum atomic E-state index is 8.30. The molecule has 59 heavy (non-hydrogen) atoms. The van der Waals surface area contributed by atoms with E-state index in [9.17, 15) is 0 Å². The van der Waals surface area contributed by atoms with Gasteiger partial charge >= 0.3 is 0 Å². The lowest BCUT2D eigenvalue weighted by molar-refractivity contribution is 0.794. The zero-order valence-corrected chi connectivity index (χ0v) is 31.9. The highest BCUT2D eigenvalue weighted by Gasteiger charge is 2.51. The quantitative estimate of drug-likeness (QED) is 0.168. The van der Waals surface area contributed by atoms with Crippen molar-refractivity contribution in [2.24, 2.45) is 0 Å². The van der Waals surface area contributed by atoms with Crippen LogP contribution in [0.3, 0.4) is 0 Å². The number of benzene rings is 9. The van der Waals surface area contributed by atoms with Crippen LogP contribution in [-0.2, 0) is 5.41 Å². The van der Waals surface area contributed by atoms with E-state index in [-0.39, 0.29) is 0 Å². The van der Waals surface area contributed by atoms with Crippen LogP contribution in [0.25, 0.3) is 93.7 Å². The number of hydrogen-bond acceptors (Lipinski definition) is 2. The molecule has 1 spiro atoms. The topological polar surface area (TPSA) is 30.1 Å². The molecule has 2 aliphatic rings. The molecule has 0 atom stereocenters. The third-order valence-corrected chi connectivity index (χ3v) is 12.5. The average molecular weight is 748 g/mol. The monoisotopic (exact) mass is 747 g/mol. The van der Waals surface area contributed by atoms with Crippen molar-refractivity contribution in [1.29, 1.82) is 0 Å². The highest BCUT2D eigenvalue weighted by Crippen LogP contribution is 2.64. The van der Waals surface area contributed by atoms with Crippen LogP contribution in [0.2, 0.25) is 0 Å². The molecule has 2 aliphatic carbocycles. The van der Waals surface area contributed by atoms with E-state index in [4.69, 9.17) is 16.5 Å². The number of aromatic nitrogens is 2. The molecule has 0 amide bonds. The molecule has 0 N–H and O–H groups in total. The van der Waals surface area contributed by atoms with Crippen LogP contribution in [0.1, 0.15) is 22.3 Å². The summed E-state index contributed by atoms with van der Waals surface area (Å²) < 4.78 is 0. The van der Waals surface area contributed by atoms with Gasteiger partial charge < -0.3 is 0 Å². The van der Waals surface area contributed by atoms with Gasteiger partial charge in [-0.1, -0.05) is 170 Å². The van der Waals surface area contributed by atoms with Gasteiger partial charge in [0.2, 0.25) is 0 Å². The fourth-order valence-electron chi connectivity index (χ4n) is 9.85. The normalized spacial score (nSPS) is 12.9. The molecule has 0 saturated carbocycles. The van der Waals surface area contributed by atoms with E-state index in [0.717, 1.165) is 55.7 Å². The lowest BCUT2D eigenvalue weighted by Gasteiger charge is -2.30. The molecule has 0 fully saturated rings. The minimum atomic E-state index is -0.502. The zero-order valence-electron chi connectivity index (χ0n) is 31.9. The van der Waals surface area contributed by atoms with Crippen LogP contribution < -0.4 is 0 Å². The van der Waals surface area contributed by atoms with Gasteiger partial charge in [0.15, 0.2) is 11.5 Å². The molecule has 0 unspecified atom stereocenters. The van der Waals surface area contributed by atoms with Gasteiger partial charge in [-0.15, -0.1) is 0 Å². The van der Waals surface area contributed by atoms with Crippen LogP contribution in [0, 0.1) is 6.57 Å². The Balaban J connectivity index is 1.03. The molecule has 0 aliphatic heterocycles. The molecule has 1 heterocycles. The van der Waals surface area contributed by atoms with Crippen molar-refractivity contribution in [1.82, 2.24) is 9.97 Å². The number of hydrogen-bond donors (Lipinski definition) is 0. The second-order valence-electron chi connectivity index (χ2n) is 15.6. The molecular formula is C56H33N3. The summed E-state index contributed by atoms with van der Waals surface area (Å²) in [6.07, 6.45) is 0. The van der Waals surface area contributed by atoms with E-state index >= 15 is 0 Å². The van der Waals surface area contributed by atoms with E-state index in [1.54, 1.807) is 0 Å². The summed E-state index contributed by atoms with van der Waals surface area (Å²) in [4.78, 5) is 14.6. The minimum Gasteiger partial charge on any atom is -0.238 e. The molecule has 0 saturated heterocycles. The lowest BCUT2D eigenvalue weighted by atomic mass is 9.70. The van der Waals surface area contributed by atoms with Gasteiger partial charge in [0.1, 0.15) is 0 Å². The van der Waals surface area contributed by atoms with E-state index in [1.165, 1.54) is 49.5 Å². The number of fused-ring (bicyclic) bond motifs is 12. The van der Waals surface area contributed by atoms with E-state index in [2.05, 4.69) is 193 Å². The summed E-state index contributed by atoms with van der Waals surface area (Å²) in [5, 5.41) is 4.70. The maximum Gasteiger partial charge on any atom is 0.195 e. The standard InChI is InChI=1S/C56H33N3/c1-57-51-23-11-22-50-54(51)46-33-40(28-29-49(46)56(50)47-20-8-6-18-44(47)45-19-7-9-21-48(45)56)39-16-10-17-41(31-39)52-34-53(42-26-24-35-12-2-4-14-37(35)30-42)59-55(58-52)43-27-25-36-13-3-5-15-38(36)32-43/h2-34H. The van der Waals surface area contributed by atoms with Gasteiger partial charge in [-0.3, -0.25) is 0 Å². The summed E-state index contributed by atoms with van der Waals surface area (Å²) in [5.41, 5.74) is 16.7. The summed E-state index contributed by atoms with van der Waals surface area (Å²) in [6.45, 7) is 8.30. The van der Waals surface area contributed by atoms with Crippen molar-refractivity contribution < 1.29 is 0 Å². The first-order valence-corrected chi connectivity index (χ1v) is 20.0. The predicted octanol–water partition coefficient (Wildman–Crippen LogP) is 14.3. The highest BCUT2D eigenvalue weighted by atomic mass is 14.9. The fourth-order valence-corrected chi connectivity index (χ4v) is 9.85. The molecule has 10 aromatic rings. The molecular weight excluding hydrogens is 715 g/mol. The van der Waals surface area contributed by atoms with Crippen LogP contribution in [-0.4, -0.2) is 9.97 Å². The van der Waals surface area contributed by atoms with Crippen molar-refractivity contribution in [3.63, 3.8) is 0 Å². The van der Waals surface area contributed by atoms with Crippen LogP contribution in [0.5, 0.6) is 0 Å². The molecule has 3 heteroatoms. The molecule has 272 valence electrons. The van der Waals surface area contributed by atoms with Crippen LogP contribution >= 0.6 is 0 Å². The third kappa shape index (κ3) is 4.94. The van der Waals surface area contributed by atoms with E-state index in [0.29, 0.717) is 11.5 Å². The van der Waals surface area contributed by atoms with Gasteiger partial charge in [0.25, 0.3) is 0 Å². The first-order chi connectivity index (χ1) is 29.2. The average Bonchev–Trinajstić information content (AvgIpc) is 3.78. The van der Waals surface area contributed by atoms with E-state index in [1.807, 2.05) is 12.1 Å². The maximum absolute atomic E-state index is 8.30. The van der Waals surface area contributed by atoms with Gasteiger partial charge in [-0.05, 0) is 108 Å². The first kappa shape index (κ1) is 33.2. The van der Waals surface area contributed by atoms with Crippen LogP contribution in [0.4, 0.5) is 5.69 Å². The van der Waals surface area contributed by atoms with Gasteiger partial charge in [-0.25, -0.2) is 14.8 Å². The lowest BCUT2D eigenvalue weighted by Crippen LogP contribution is -2.25. The Kier molecular flexibility index (Phi) is 7.21. The molecule has 0 radical (unpaired) electrons. The van der Waals surface area contributed by atoms with Gasteiger partial charge in [0.05, 0.1) is 23.4 Å². The van der Waals surface area contributed by atoms with Crippen molar-refractivity contribution in [3.8, 4) is 67.3 Å². The van der Waals surface area contributed by atoms with Crippen molar-refractivity contribution in [3.05, 3.63) is 234 Å². The fraction of sp³-hybridized carbons (Fsp3) is 0.0179. The van der Waals surface area contributed by atoms with Gasteiger partial charge in [0, 0.05) is 16.7 Å². The SMILES string of the molecule is [C-]#[N+]c1cccc2c1-c1cc(-c3cccc(-c4cc(-c5ccc6ccccc6c5)nc(-c5ccc6ccccc6c5)n4)c3)ccc1C21c2ccccc2-c2ccccc21. The minimum absolute atomic E-state index is 0.502. The highest BCUT2D eigenvalue weighted by molar-refractivity contribution is 6.00. The third-order valence-electron chi connectivity index (χ3n) is 12.5. The number of rotatable bonds is 4. The molecule has 3 nitrogen and oxygen atoms in total. The smallest absolute Gasteiger partial charge is 0.195 e. The zero-order chi connectivity index (χ0) is 39.1. The first-order valence-electron chi connectivity index (χ1n) is 20.0. The summed E-state index contributed by atoms with van der Waals surface area (Å²) in [7, 11) is 0. The molecule has 12 rings (SSSR count). The van der Waals surface area contributed by atoms with E-state index < -0.39 is 5.41 Å². The Morgan fingerprint density at radius 1 is 0.356 bits per heavy atom. The Labute approximate surface area is 342 Å². The van der Waals surface area contributed by atoms with Crippen molar-refractivity contribution in [2.75, 3.05) is 0 Å². The summed E-state index contributed by atoms with van der Waals surface area (Å²) in [5.74, 6) is 0.685. The Morgan fingerprint density at radius 3 is 1.56 bits per heavy atom. The Morgan fingerprint density at radius 2 is 0.864 bits per heavy atom. The largest absolute Gasteiger partial charge is 0.238 e. The van der Waals surface area contributed by atoms with Gasteiger partial charge in [-0.2, -0.15) is 0 Å². The second kappa shape index (κ2) is 12.8.